The van der Waals surface area contributed by atoms with Gasteiger partial charge in [0.1, 0.15) is 4.21 Å². The number of aryl methyl sites for hydroxylation is 1. The molecule has 24 heavy (non-hydrogen) atoms. The smallest absolute Gasteiger partial charge is 0.250 e. The van der Waals surface area contributed by atoms with Crippen LogP contribution in [0.25, 0.3) is 11.4 Å². The van der Waals surface area contributed by atoms with Crippen LogP contribution in [0.3, 0.4) is 0 Å². The lowest BCUT2D eigenvalue weighted by Gasteiger charge is -2.03. The topological polar surface area (TPSA) is 85.1 Å². The molecule has 0 aliphatic carbocycles. The summed E-state index contributed by atoms with van der Waals surface area (Å²) in [6.07, 6.45) is 1.04. The molecule has 0 aliphatic heterocycles. The van der Waals surface area contributed by atoms with Gasteiger partial charge < -0.3 is 4.52 Å². The third-order valence-corrected chi connectivity index (χ3v) is 6.36. The van der Waals surface area contributed by atoms with E-state index in [-0.39, 0.29) is 10.8 Å². The molecular formula is C15H14ClN3O3S2. The van der Waals surface area contributed by atoms with Gasteiger partial charge in [-0.25, -0.2) is 13.1 Å². The van der Waals surface area contributed by atoms with E-state index >= 15 is 0 Å². The van der Waals surface area contributed by atoms with Crippen molar-refractivity contribution in [3.05, 3.63) is 52.7 Å². The van der Waals surface area contributed by atoms with Gasteiger partial charge in [0.05, 0.1) is 4.34 Å². The standard InChI is InChI=1S/C15H14ClN3O3S2/c16-12-8-9-14(23-12)24(20,21)17-10-4-7-13-18-15(19-22-13)11-5-2-1-3-6-11/h1-3,5-6,8-9,17H,4,7,10H2. The van der Waals surface area contributed by atoms with Crippen LogP contribution in [0.5, 0.6) is 0 Å². The Morgan fingerprint density at radius 3 is 2.67 bits per heavy atom. The SMILES string of the molecule is O=S(=O)(NCCCc1nc(-c2ccccc2)no1)c1ccc(Cl)s1. The van der Waals surface area contributed by atoms with Gasteiger partial charge in [-0.3, -0.25) is 0 Å². The van der Waals surface area contributed by atoms with Crippen molar-refractivity contribution in [3.63, 3.8) is 0 Å². The second kappa shape index (κ2) is 7.43. The summed E-state index contributed by atoms with van der Waals surface area (Å²) >= 11 is 6.78. The number of thiophene rings is 1. The Bertz CT molecular complexity index is 907. The molecule has 1 aromatic carbocycles. The molecule has 0 saturated carbocycles. The maximum Gasteiger partial charge on any atom is 0.250 e. The quantitative estimate of drug-likeness (QED) is 0.632. The second-order valence-corrected chi connectivity index (χ2v) is 8.65. The van der Waals surface area contributed by atoms with Crippen molar-refractivity contribution in [2.75, 3.05) is 6.54 Å². The highest BCUT2D eigenvalue weighted by atomic mass is 35.5. The van der Waals surface area contributed by atoms with Crippen molar-refractivity contribution < 1.29 is 12.9 Å². The summed E-state index contributed by atoms with van der Waals surface area (Å²) in [7, 11) is -3.51. The van der Waals surface area contributed by atoms with Crippen LogP contribution in [-0.2, 0) is 16.4 Å². The number of sulfonamides is 1. The molecule has 2 aromatic heterocycles. The number of hydrogen-bond donors (Lipinski definition) is 1. The molecule has 3 rings (SSSR count). The lowest BCUT2D eigenvalue weighted by molar-refractivity contribution is 0.376. The molecule has 126 valence electrons. The summed E-state index contributed by atoms with van der Waals surface area (Å²) in [5.41, 5.74) is 0.878. The first-order valence-electron chi connectivity index (χ1n) is 7.17. The average Bonchev–Trinajstić information content (AvgIpc) is 3.22. The summed E-state index contributed by atoms with van der Waals surface area (Å²) in [6.45, 7) is 0.279. The second-order valence-electron chi connectivity index (χ2n) is 4.94. The number of aromatic nitrogens is 2. The molecule has 0 atom stereocenters. The average molecular weight is 384 g/mol. The molecule has 0 bridgehead atoms. The largest absolute Gasteiger partial charge is 0.339 e. The molecule has 0 fully saturated rings. The first-order chi connectivity index (χ1) is 11.5. The van der Waals surface area contributed by atoms with Gasteiger partial charge in [0.15, 0.2) is 0 Å². The molecule has 2 heterocycles. The Morgan fingerprint density at radius 1 is 1.17 bits per heavy atom. The van der Waals surface area contributed by atoms with Crippen molar-refractivity contribution >= 4 is 33.0 Å². The summed E-state index contributed by atoms with van der Waals surface area (Å²) in [6, 6.07) is 12.6. The molecule has 0 aliphatic rings. The van der Waals surface area contributed by atoms with E-state index in [2.05, 4.69) is 14.9 Å². The van der Waals surface area contributed by atoms with E-state index in [0.29, 0.717) is 28.9 Å². The van der Waals surface area contributed by atoms with Crippen molar-refractivity contribution in [1.82, 2.24) is 14.9 Å². The van der Waals surface area contributed by atoms with Gasteiger partial charge in [0.2, 0.25) is 21.7 Å². The van der Waals surface area contributed by atoms with E-state index in [4.69, 9.17) is 16.1 Å². The van der Waals surface area contributed by atoms with Gasteiger partial charge >= 0.3 is 0 Å². The zero-order chi connectivity index (χ0) is 17.0. The molecule has 0 unspecified atom stereocenters. The first kappa shape index (κ1) is 17.1. The van der Waals surface area contributed by atoms with Gasteiger partial charge in [-0.1, -0.05) is 47.1 Å². The lowest BCUT2D eigenvalue weighted by atomic mass is 10.2. The number of nitrogens with one attached hydrogen (secondary N) is 1. The van der Waals surface area contributed by atoms with Gasteiger partial charge in [0.25, 0.3) is 0 Å². The zero-order valence-electron chi connectivity index (χ0n) is 12.5. The predicted octanol–water partition coefficient (Wildman–Crippen LogP) is 3.36. The van der Waals surface area contributed by atoms with Crippen LogP contribution in [-0.4, -0.2) is 25.1 Å². The Labute approximate surface area is 148 Å². The summed E-state index contributed by atoms with van der Waals surface area (Å²) < 4.78 is 32.4. The maximum absolute atomic E-state index is 12.0. The minimum atomic E-state index is -3.51. The van der Waals surface area contributed by atoms with E-state index in [1.807, 2.05) is 30.3 Å². The molecule has 0 saturated heterocycles. The monoisotopic (exact) mass is 383 g/mol. The van der Waals surface area contributed by atoms with Crippen LogP contribution in [0.1, 0.15) is 12.3 Å². The van der Waals surface area contributed by atoms with Crippen molar-refractivity contribution in [2.24, 2.45) is 0 Å². The molecule has 1 N–H and O–H groups in total. The third kappa shape index (κ3) is 4.21. The van der Waals surface area contributed by atoms with Crippen LogP contribution >= 0.6 is 22.9 Å². The molecule has 0 radical (unpaired) electrons. The fourth-order valence-corrected chi connectivity index (χ4v) is 4.62. The molecular weight excluding hydrogens is 370 g/mol. The predicted molar refractivity (Wildman–Crippen MR) is 92.6 cm³/mol. The van der Waals surface area contributed by atoms with Crippen molar-refractivity contribution in [2.45, 2.75) is 17.1 Å². The molecule has 0 amide bonds. The lowest BCUT2D eigenvalue weighted by Crippen LogP contribution is -2.24. The van der Waals surface area contributed by atoms with E-state index in [9.17, 15) is 8.42 Å². The Morgan fingerprint density at radius 2 is 1.96 bits per heavy atom. The Kier molecular flexibility index (Phi) is 5.30. The Balaban J connectivity index is 1.51. The number of benzene rings is 1. The number of hydrogen-bond acceptors (Lipinski definition) is 6. The zero-order valence-corrected chi connectivity index (χ0v) is 14.9. The van der Waals surface area contributed by atoms with E-state index in [1.54, 1.807) is 6.07 Å². The van der Waals surface area contributed by atoms with E-state index < -0.39 is 10.0 Å². The van der Waals surface area contributed by atoms with Crippen LogP contribution in [0.2, 0.25) is 4.34 Å². The summed E-state index contributed by atoms with van der Waals surface area (Å²) in [5, 5.41) is 3.93. The minimum Gasteiger partial charge on any atom is -0.339 e. The van der Waals surface area contributed by atoms with E-state index in [0.717, 1.165) is 16.9 Å². The molecule has 9 heteroatoms. The van der Waals surface area contributed by atoms with Gasteiger partial charge in [0, 0.05) is 18.5 Å². The van der Waals surface area contributed by atoms with Crippen LogP contribution in [0.15, 0.2) is 51.2 Å². The highest BCUT2D eigenvalue weighted by molar-refractivity contribution is 7.91. The van der Waals surface area contributed by atoms with Gasteiger partial charge in [-0.2, -0.15) is 4.98 Å². The van der Waals surface area contributed by atoms with Gasteiger partial charge in [-0.05, 0) is 18.6 Å². The van der Waals surface area contributed by atoms with Crippen molar-refractivity contribution in [1.29, 1.82) is 0 Å². The normalized spacial score (nSPS) is 11.7. The number of rotatable bonds is 7. The Hall–Kier alpha value is -1.74. The summed E-state index contributed by atoms with van der Waals surface area (Å²) in [4.78, 5) is 4.31. The van der Waals surface area contributed by atoms with E-state index in [1.165, 1.54) is 6.07 Å². The highest BCUT2D eigenvalue weighted by Crippen LogP contribution is 2.25. The number of halogens is 1. The maximum atomic E-state index is 12.0. The fourth-order valence-electron chi connectivity index (χ4n) is 2.02. The molecule has 6 nitrogen and oxygen atoms in total. The van der Waals surface area contributed by atoms with Gasteiger partial charge in [-0.15, -0.1) is 11.3 Å². The van der Waals surface area contributed by atoms with Crippen LogP contribution in [0.4, 0.5) is 0 Å². The molecule has 0 spiro atoms. The molecule has 3 aromatic rings. The fraction of sp³-hybridized carbons (Fsp3) is 0.200. The summed E-state index contributed by atoms with van der Waals surface area (Å²) in [5.74, 6) is 1.01. The van der Waals surface area contributed by atoms with Crippen molar-refractivity contribution in [3.8, 4) is 11.4 Å². The third-order valence-electron chi connectivity index (χ3n) is 3.17. The first-order valence-corrected chi connectivity index (χ1v) is 9.85. The minimum absolute atomic E-state index is 0.205. The van der Waals surface area contributed by atoms with Crippen LogP contribution in [0, 0.1) is 0 Å². The number of nitrogens with zero attached hydrogens (tertiary/aromatic N) is 2. The van der Waals surface area contributed by atoms with Crippen LogP contribution < -0.4 is 4.72 Å². The highest BCUT2D eigenvalue weighted by Gasteiger charge is 2.16.